The van der Waals surface area contributed by atoms with Crippen LogP contribution >= 0.6 is 34.5 Å². The Morgan fingerprint density at radius 3 is 2.42 bits per heavy atom. The summed E-state index contributed by atoms with van der Waals surface area (Å²) in [5.74, 6) is 0.673. The summed E-state index contributed by atoms with van der Waals surface area (Å²) in [6.45, 7) is 3.70. The predicted octanol–water partition coefficient (Wildman–Crippen LogP) is 5.37. The fraction of sp³-hybridized carbons (Fsp3) is 0.148. The van der Waals surface area contributed by atoms with Crippen molar-refractivity contribution in [2.75, 3.05) is 6.61 Å². The first kappa shape index (κ1) is 24.3. The Hall–Kier alpha value is -3.39. The second kappa shape index (κ2) is 9.93. The van der Waals surface area contributed by atoms with E-state index in [1.165, 1.54) is 15.9 Å². The molecular weight excluding hydrogens is 519 g/mol. The number of esters is 1. The Labute approximate surface area is 220 Å². The van der Waals surface area contributed by atoms with Gasteiger partial charge < -0.3 is 9.15 Å². The minimum Gasteiger partial charge on any atom is -0.463 e. The molecule has 4 aromatic rings. The van der Waals surface area contributed by atoms with Crippen LogP contribution in [0.2, 0.25) is 10.0 Å². The maximum atomic E-state index is 13.6. The average molecular weight is 539 g/mol. The molecule has 9 heteroatoms. The smallest absolute Gasteiger partial charge is 0.338 e. The molecule has 2 aromatic carbocycles. The monoisotopic (exact) mass is 538 g/mol. The van der Waals surface area contributed by atoms with Crippen LogP contribution in [0.3, 0.4) is 0 Å². The van der Waals surface area contributed by atoms with Gasteiger partial charge in [-0.2, -0.15) is 0 Å². The van der Waals surface area contributed by atoms with Gasteiger partial charge in [-0.3, -0.25) is 9.36 Å². The summed E-state index contributed by atoms with van der Waals surface area (Å²) in [5.41, 5.74) is 2.15. The Morgan fingerprint density at radius 2 is 1.75 bits per heavy atom. The molecule has 1 atom stereocenters. The maximum absolute atomic E-state index is 13.6. The van der Waals surface area contributed by atoms with E-state index in [1.54, 1.807) is 62.4 Å². The number of benzene rings is 2. The molecule has 0 unspecified atom stereocenters. The van der Waals surface area contributed by atoms with Gasteiger partial charge in [0, 0.05) is 21.7 Å². The van der Waals surface area contributed by atoms with Crippen LogP contribution in [-0.4, -0.2) is 17.1 Å². The standard InChI is InChI=1S/C27H20Cl2N2O4S/c1-3-34-26(33)23-15(2)30-27-31(24(23)17-6-10-19(29)11-7-17)25(32)22(36-27)14-20-12-13-21(35-20)16-4-8-18(28)9-5-16/h4-14,24H,3H2,1-2H3/b22-14+/t24-/m1/s1. The zero-order valence-electron chi connectivity index (χ0n) is 19.3. The third kappa shape index (κ3) is 4.57. The highest BCUT2D eigenvalue weighted by Gasteiger charge is 2.33. The van der Waals surface area contributed by atoms with Crippen LogP contribution in [-0.2, 0) is 9.53 Å². The number of carbonyl (C=O) groups excluding carboxylic acids is 1. The first-order valence-electron chi connectivity index (χ1n) is 11.2. The van der Waals surface area contributed by atoms with Gasteiger partial charge in [0.15, 0.2) is 4.80 Å². The zero-order chi connectivity index (χ0) is 25.4. The molecule has 1 aliphatic rings. The van der Waals surface area contributed by atoms with Gasteiger partial charge in [0.25, 0.3) is 5.56 Å². The molecule has 0 radical (unpaired) electrons. The lowest BCUT2D eigenvalue weighted by atomic mass is 9.96. The molecule has 6 nitrogen and oxygen atoms in total. The summed E-state index contributed by atoms with van der Waals surface area (Å²) < 4.78 is 13.2. The van der Waals surface area contributed by atoms with Crippen molar-refractivity contribution in [2.24, 2.45) is 4.99 Å². The molecule has 1 aliphatic heterocycles. The number of thiazole rings is 1. The summed E-state index contributed by atoms with van der Waals surface area (Å²) in [5, 5.41) is 1.19. The van der Waals surface area contributed by atoms with Crippen molar-refractivity contribution in [1.29, 1.82) is 0 Å². The van der Waals surface area contributed by atoms with Gasteiger partial charge in [0.2, 0.25) is 0 Å². The van der Waals surface area contributed by atoms with Crippen LogP contribution in [0.4, 0.5) is 0 Å². The molecule has 0 fully saturated rings. The van der Waals surface area contributed by atoms with Gasteiger partial charge in [-0.25, -0.2) is 9.79 Å². The van der Waals surface area contributed by atoms with E-state index < -0.39 is 12.0 Å². The zero-order valence-corrected chi connectivity index (χ0v) is 21.7. The Kier molecular flexibility index (Phi) is 6.71. The number of nitrogens with zero attached hydrogens (tertiary/aromatic N) is 2. The van der Waals surface area contributed by atoms with Crippen molar-refractivity contribution in [1.82, 2.24) is 4.57 Å². The van der Waals surface area contributed by atoms with Gasteiger partial charge in [-0.05, 0) is 67.9 Å². The molecule has 0 spiro atoms. The number of halogens is 2. The summed E-state index contributed by atoms with van der Waals surface area (Å²) >= 11 is 13.3. The van der Waals surface area contributed by atoms with Crippen molar-refractivity contribution >= 4 is 46.6 Å². The number of aromatic nitrogens is 1. The van der Waals surface area contributed by atoms with Gasteiger partial charge >= 0.3 is 5.97 Å². The predicted molar refractivity (Wildman–Crippen MR) is 141 cm³/mol. The Bertz CT molecular complexity index is 1660. The van der Waals surface area contributed by atoms with Crippen molar-refractivity contribution in [3.05, 3.63) is 113 Å². The van der Waals surface area contributed by atoms with Crippen molar-refractivity contribution in [3.8, 4) is 11.3 Å². The number of ether oxygens (including phenoxy) is 1. The quantitative estimate of drug-likeness (QED) is 0.320. The highest BCUT2D eigenvalue weighted by molar-refractivity contribution is 7.07. The largest absolute Gasteiger partial charge is 0.463 e. The Morgan fingerprint density at radius 1 is 1.08 bits per heavy atom. The maximum Gasteiger partial charge on any atom is 0.338 e. The van der Waals surface area contributed by atoms with E-state index in [2.05, 4.69) is 4.99 Å². The molecule has 0 N–H and O–H groups in total. The second-order valence-corrected chi connectivity index (χ2v) is 9.94. The van der Waals surface area contributed by atoms with Gasteiger partial charge in [0.05, 0.1) is 28.5 Å². The SMILES string of the molecule is CCOC(=O)C1=C(C)N=c2s/c(=C/c3ccc(-c4ccc(Cl)cc4)o3)c(=O)n2[C@@H]1c1ccc(Cl)cc1. The first-order chi connectivity index (χ1) is 17.4. The molecule has 182 valence electrons. The van der Waals surface area contributed by atoms with Gasteiger partial charge in [-0.1, -0.05) is 46.7 Å². The number of carbonyl (C=O) groups is 1. The van der Waals surface area contributed by atoms with Crippen LogP contribution in [0.25, 0.3) is 17.4 Å². The summed E-state index contributed by atoms with van der Waals surface area (Å²) in [6, 6.07) is 17.3. The van der Waals surface area contributed by atoms with E-state index in [0.717, 1.165) is 11.1 Å². The van der Waals surface area contributed by atoms with Crippen LogP contribution in [0.1, 0.15) is 31.2 Å². The highest BCUT2D eigenvalue weighted by atomic mass is 35.5. The van der Waals surface area contributed by atoms with E-state index in [1.807, 2.05) is 18.2 Å². The summed E-state index contributed by atoms with van der Waals surface area (Å²) in [6.07, 6.45) is 1.69. The van der Waals surface area contributed by atoms with Gasteiger partial charge in [0.1, 0.15) is 11.5 Å². The molecule has 5 rings (SSSR count). The molecular formula is C27H20Cl2N2O4S. The molecule has 3 heterocycles. The molecule has 0 aliphatic carbocycles. The van der Waals surface area contributed by atoms with Gasteiger partial charge in [-0.15, -0.1) is 0 Å². The van der Waals surface area contributed by atoms with E-state index in [-0.39, 0.29) is 12.2 Å². The lowest BCUT2D eigenvalue weighted by Crippen LogP contribution is -2.39. The lowest BCUT2D eigenvalue weighted by molar-refractivity contribution is -0.139. The summed E-state index contributed by atoms with van der Waals surface area (Å²) in [4.78, 5) is 31.6. The van der Waals surface area contributed by atoms with Crippen LogP contribution in [0, 0.1) is 0 Å². The van der Waals surface area contributed by atoms with E-state index in [4.69, 9.17) is 32.4 Å². The third-order valence-electron chi connectivity index (χ3n) is 5.73. The first-order valence-corrected chi connectivity index (χ1v) is 12.7. The fourth-order valence-electron chi connectivity index (χ4n) is 4.08. The second-order valence-electron chi connectivity index (χ2n) is 8.06. The number of fused-ring (bicyclic) bond motifs is 1. The van der Waals surface area contributed by atoms with E-state index in [9.17, 15) is 9.59 Å². The van der Waals surface area contributed by atoms with Crippen molar-refractivity contribution in [3.63, 3.8) is 0 Å². The molecule has 36 heavy (non-hydrogen) atoms. The van der Waals surface area contributed by atoms with E-state index in [0.29, 0.717) is 42.2 Å². The van der Waals surface area contributed by atoms with E-state index >= 15 is 0 Å². The molecule has 0 bridgehead atoms. The fourth-order valence-corrected chi connectivity index (χ4v) is 5.36. The lowest BCUT2D eigenvalue weighted by Gasteiger charge is -2.24. The number of furan rings is 1. The molecule has 0 amide bonds. The Balaban J connectivity index is 1.63. The van der Waals surface area contributed by atoms with Crippen molar-refractivity contribution in [2.45, 2.75) is 19.9 Å². The molecule has 0 saturated heterocycles. The van der Waals surface area contributed by atoms with Crippen LogP contribution < -0.4 is 14.9 Å². The third-order valence-corrected chi connectivity index (χ3v) is 7.22. The summed E-state index contributed by atoms with van der Waals surface area (Å²) in [7, 11) is 0. The number of allylic oxidation sites excluding steroid dienone is 1. The minimum atomic E-state index is -0.694. The average Bonchev–Trinajstić information content (AvgIpc) is 3.44. The molecule has 2 aromatic heterocycles. The topological polar surface area (TPSA) is 73.8 Å². The number of hydrogen-bond acceptors (Lipinski definition) is 6. The normalized spacial score (nSPS) is 15.6. The minimum absolute atomic E-state index is 0.210. The highest BCUT2D eigenvalue weighted by Crippen LogP contribution is 2.31. The van der Waals surface area contributed by atoms with Crippen LogP contribution in [0.5, 0.6) is 0 Å². The van der Waals surface area contributed by atoms with Crippen LogP contribution in [0.15, 0.2) is 86.1 Å². The molecule has 0 saturated carbocycles. The number of hydrogen-bond donors (Lipinski definition) is 0. The number of rotatable bonds is 5. The van der Waals surface area contributed by atoms with Crippen molar-refractivity contribution < 1.29 is 13.9 Å².